The SMILES string of the molecule is CC[S@](=O)c1ccccc1C(=O)O[C@H](C)C(=O)Nc1ccc(Cl)cn1. The third kappa shape index (κ3) is 5.11. The third-order valence-corrected chi connectivity index (χ3v) is 4.84. The standard InChI is InChI=1S/C17H17ClN2O4S/c1-3-25(23)14-7-5-4-6-13(14)17(22)24-11(2)16(21)20-15-9-8-12(18)10-19-15/h4-11H,3H2,1-2H3,(H,19,20,21)/t11-,25+/m1/s1. The van der Waals surface area contributed by atoms with Crippen LogP contribution in [0.1, 0.15) is 24.2 Å². The summed E-state index contributed by atoms with van der Waals surface area (Å²) in [5.74, 6) is -0.561. The van der Waals surface area contributed by atoms with Gasteiger partial charge in [-0.25, -0.2) is 9.78 Å². The molecule has 0 saturated carbocycles. The van der Waals surface area contributed by atoms with E-state index in [1.165, 1.54) is 25.3 Å². The van der Waals surface area contributed by atoms with Gasteiger partial charge < -0.3 is 10.1 Å². The Balaban J connectivity index is 2.06. The first kappa shape index (κ1) is 19.1. The molecule has 25 heavy (non-hydrogen) atoms. The largest absolute Gasteiger partial charge is 0.449 e. The number of hydrogen-bond donors (Lipinski definition) is 1. The predicted octanol–water partition coefficient (Wildman–Crippen LogP) is 3.05. The van der Waals surface area contributed by atoms with Crippen molar-refractivity contribution in [3.8, 4) is 0 Å². The Labute approximate surface area is 153 Å². The molecule has 1 heterocycles. The van der Waals surface area contributed by atoms with Crippen molar-refractivity contribution in [1.82, 2.24) is 4.98 Å². The zero-order chi connectivity index (χ0) is 18.4. The zero-order valence-electron chi connectivity index (χ0n) is 13.7. The highest BCUT2D eigenvalue weighted by atomic mass is 35.5. The quantitative estimate of drug-likeness (QED) is 0.778. The van der Waals surface area contributed by atoms with Gasteiger partial charge in [0.2, 0.25) is 0 Å². The zero-order valence-corrected chi connectivity index (χ0v) is 15.3. The minimum Gasteiger partial charge on any atom is -0.449 e. The molecule has 0 fully saturated rings. The molecule has 1 amide bonds. The van der Waals surface area contributed by atoms with Crippen molar-refractivity contribution in [3.63, 3.8) is 0 Å². The van der Waals surface area contributed by atoms with E-state index in [4.69, 9.17) is 16.3 Å². The van der Waals surface area contributed by atoms with Gasteiger partial charge in [-0.2, -0.15) is 0 Å². The van der Waals surface area contributed by atoms with Gasteiger partial charge in [-0.15, -0.1) is 0 Å². The van der Waals surface area contributed by atoms with Crippen LogP contribution in [-0.4, -0.2) is 32.9 Å². The van der Waals surface area contributed by atoms with Crippen molar-refractivity contribution in [2.45, 2.75) is 24.8 Å². The number of pyridine rings is 1. The minimum absolute atomic E-state index is 0.187. The monoisotopic (exact) mass is 380 g/mol. The number of aromatic nitrogens is 1. The van der Waals surface area contributed by atoms with Gasteiger partial charge in [0, 0.05) is 11.9 Å². The lowest BCUT2D eigenvalue weighted by molar-refractivity contribution is -0.123. The van der Waals surface area contributed by atoms with E-state index in [2.05, 4.69) is 10.3 Å². The summed E-state index contributed by atoms with van der Waals surface area (Å²) < 4.78 is 17.2. The van der Waals surface area contributed by atoms with Crippen LogP contribution < -0.4 is 5.32 Å². The van der Waals surface area contributed by atoms with E-state index in [-0.39, 0.29) is 5.56 Å². The van der Waals surface area contributed by atoms with Gasteiger partial charge >= 0.3 is 5.97 Å². The summed E-state index contributed by atoms with van der Waals surface area (Å²) in [6.45, 7) is 3.20. The molecule has 0 bridgehead atoms. The van der Waals surface area contributed by atoms with Gasteiger partial charge in [-0.05, 0) is 31.2 Å². The van der Waals surface area contributed by atoms with E-state index in [0.717, 1.165) is 0 Å². The van der Waals surface area contributed by atoms with E-state index in [0.29, 0.717) is 21.5 Å². The summed E-state index contributed by atoms with van der Waals surface area (Å²) in [6, 6.07) is 9.60. The Bertz CT molecular complexity index is 795. The van der Waals surface area contributed by atoms with Crippen LogP contribution >= 0.6 is 11.6 Å². The lowest BCUT2D eigenvalue weighted by Gasteiger charge is -2.14. The van der Waals surface area contributed by atoms with Crippen LogP contribution in [0.3, 0.4) is 0 Å². The summed E-state index contributed by atoms with van der Waals surface area (Å²) in [5.41, 5.74) is 0.187. The van der Waals surface area contributed by atoms with Crippen LogP contribution in [0.4, 0.5) is 5.82 Å². The molecule has 0 radical (unpaired) electrons. The predicted molar refractivity (Wildman–Crippen MR) is 96.1 cm³/mol. The number of amides is 1. The summed E-state index contributed by atoms with van der Waals surface area (Å²) in [4.78, 5) is 28.8. The molecule has 0 saturated heterocycles. The maximum Gasteiger partial charge on any atom is 0.340 e. The number of rotatable bonds is 6. The van der Waals surface area contributed by atoms with Crippen LogP contribution in [0.5, 0.6) is 0 Å². The van der Waals surface area contributed by atoms with Crippen molar-refractivity contribution in [2.24, 2.45) is 0 Å². The first-order chi connectivity index (χ1) is 11.9. The molecule has 1 aromatic carbocycles. The fourth-order valence-electron chi connectivity index (χ4n) is 1.94. The lowest BCUT2D eigenvalue weighted by Crippen LogP contribution is -2.30. The van der Waals surface area contributed by atoms with Crippen molar-refractivity contribution >= 4 is 40.1 Å². The molecule has 0 aliphatic rings. The molecule has 0 aliphatic heterocycles. The number of ether oxygens (including phenoxy) is 1. The molecule has 1 aromatic heterocycles. The Hall–Kier alpha value is -2.25. The molecular formula is C17H17ClN2O4S. The number of hydrogen-bond acceptors (Lipinski definition) is 5. The maximum absolute atomic E-state index is 12.3. The summed E-state index contributed by atoms with van der Waals surface area (Å²) in [6.07, 6.45) is 0.345. The van der Waals surface area contributed by atoms with E-state index in [1.807, 2.05) is 0 Å². The highest BCUT2D eigenvalue weighted by Crippen LogP contribution is 2.16. The average Bonchev–Trinajstić information content (AvgIpc) is 2.62. The van der Waals surface area contributed by atoms with Crippen LogP contribution in [0.25, 0.3) is 0 Å². The third-order valence-electron chi connectivity index (χ3n) is 3.25. The van der Waals surface area contributed by atoms with Crippen LogP contribution in [-0.2, 0) is 20.3 Å². The molecule has 2 aromatic rings. The molecule has 0 aliphatic carbocycles. The Morgan fingerprint density at radius 3 is 2.64 bits per heavy atom. The first-order valence-corrected chi connectivity index (χ1v) is 9.23. The highest BCUT2D eigenvalue weighted by Gasteiger charge is 2.22. The van der Waals surface area contributed by atoms with Crippen LogP contribution in [0, 0.1) is 0 Å². The topological polar surface area (TPSA) is 85.4 Å². The summed E-state index contributed by atoms with van der Waals surface area (Å²) in [7, 11) is -1.31. The number of nitrogens with zero attached hydrogens (tertiary/aromatic N) is 1. The van der Waals surface area contributed by atoms with E-state index < -0.39 is 28.8 Å². The number of anilines is 1. The lowest BCUT2D eigenvalue weighted by atomic mass is 10.2. The number of carbonyl (C=O) groups excluding carboxylic acids is 2. The van der Waals surface area contributed by atoms with E-state index >= 15 is 0 Å². The van der Waals surface area contributed by atoms with Crippen LogP contribution in [0.2, 0.25) is 5.02 Å². The van der Waals surface area contributed by atoms with E-state index in [9.17, 15) is 13.8 Å². The van der Waals surface area contributed by atoms with Gasteiger partial charge in [0.05, 0.1) is 26.3 Å². The molecule has 0 unspecified atom stereocenters. The molecule has 8 heteroatoms. The fourth-order valence-corrected chi connectivity index (χ4v) is 2.99. The van der Waals surface area contributed by atoms with Crippen molar-refractivity contribution in [2.75, 3.05) is 11.1 Å². The average molecular weight is 381 g/mol. The van der Waals surface area contributed by atoms with E-state index in [1.54, 1.807) is 31.2 Å². The number of carbonyl (C=O) groups is 2. The molecule has 1 N–H and O–H groups in total. The van der Waals surface area contributed by atoms with Crippen molar-refractivity contribution in [1.29, 1.82) is 0 Å². The minimum atomic E-state index is -1.31. The fraction of sp³-hybridized carbons (Fsp3) is 0.235. The van der Waals surface area contributed by atoms with Crippen LogP contribution in [0.15, 0.2) is 47.5 Å². The molecule has 132 valence electrons. The Morgan fingerprint density at radius 1 is 1.28 bits per heavy atom. The number of halogens is 1. The molecule has 2 rings (SSSR count). The van der Waals surface area contributed by atoms with Gasteiger partial charge in [-0.3, -0.25) is 9.00 Å². The Kier molecular flexibility index (Phi) is 6.66. The van der Waals surface area contributed by atoms with Crippen molar-refractivity contribution in [3.05, 3.63) is 53.2 Å². The summed E-state index contributed by atoms with van der Waals surface area (Å²) >= 11 is 5.73. The smallest absolute Gasteiger partial charge is 0.340 e. The summed E-state index contributed by atoms with van der Waals surface area (Å²) in [5, 5.41) is 2.97. The second-order valence-corrected chi connectivity index (χ2v) is 7.17. The second kappa shape index (κ2) is 8.73. The number of benzene rings is 1. The van der Waals surface area contributed by atoms with Gasteiger partial charge in [0.15, 0.2) is 6.10 Å². The molecule has 0 spiro atoms. The normalized spacial score (nSPS) is 12.9. The maximum atomic E-state index is 12.3. The highest BCUT2D eigenvalue weighted by molar-refractivity contribution is 7.85. The number of esters is 1. The van der Waals surface area contributed by atoms with Gasteiger partial charge in [-0.1, -0.05) is 30.7 Å². The first-order valence-electron chi connectivity index (χ1n) is 7.53. The number of nitrogens with one attached hydrogen (secondary N) is 1. The second-order valence-electron chi connectivity index (χ2n) is 5.03. The molecular weight excluding hydrogens is 364 g/mol. The van der Waals surface area contributed by atoms with Gasteiger partial charge in [0.25, 0.3) is 5.91 Å². The molecule has 6 nitrogen and oxygen atoms in total. The van der Waals surface area contributed by atoms with Gasteiger partial charge in [0.1, 0.15) is 5.82 Å². The molecule has 2 atom stereocenters. The Morgan fingerprint density at radius 2 is 2.00 bits per heavy atom. The van der Waals surface area contributed by atoms with Crippen molar-refractivity contribution < 1.29 is 18.5 Å².